The first-order valence-corrected chi connectivity index (χ1v) is 6.89. The quantitative estimate of drug-likeness (QED) is 0.754. The number of hydrogen-bond donors (Lipinski definition) is 0. The Morgan fingerprint density at radius 3 is 2.58 bits per heavy atom. The van der Waals surface area contributed by atoms with Gasteiger partial charge in [-0.15, -0.1) is 11.6 Å². The molecule has 1 aliphatic rings. The van der Waals surface area contributed by atoms with Crippen LogP contribution >= 0.6 is 11.6 Å². The molecule has 0 atom stereocenters. The van der Waals surface area contributed by atoms with Crippen LogP contribution in [-0.2, 0) is 7.05 Å². The predicted molar refractivity (Wildman–Crippen MR) is 74.7 cm³/mol. The molecule has 1 amide bonds. The number of rotatable bonds is 3. The van der Waals surface area contributed by atoms with Gasteiger partial charge >= 0.3 is 0 Å². The average molecular weight is 284 g/mol. The molecule has 1 saturated heterocycles. The van der Waals surface area contributed by atoms with Crippen molar-refractivity contribution in [3.63, 3.8) is 0 Å². The standard InChI is InChI=1S/C13H18ClN3O2/c1-15-4-2-11(10-12(15)18)13(19)17-8-6-16(5-3-14)7-9-17/h2,4,10H,3,5-9H2,1H3. The van der Waals surface area contributed by atoms with Gasteiger partial charge in [0.25, 0.3) is 11.5 Å². The molecule has 0 N–H and O–H groups in total. The fourth-order valence-electron chi connectivity index (χ4n) is 2.16. The molecule has 2 rings (SSSR count). The smallest absolute Gasteiger partial charge is 0.254 e. The molecular formula is C13H18ClN3O2. The average Bonchev–Trinajstić information content (AvgIpc) is 2.42. The third-order valence-electron chi connectivity index (χ3n) is 3.41. The van der Waals surface area contributed by atoms with E-state index in [1.165, 1.54) is 10.6 Å². The van der Waals surface area contributed by atoms with Gasteiger partial charge in [0.1, 0.15) is 0 Å². The van der Waals surface area contributed by atoms with E-state index in [0.29, 0.717) is 24.5 Å². The van der Waals surface area contributed by atoms with Crippen LogP contribution in [-0.4, -0.2) is 58.9 Å². The van der Waals surface area contributed by atoms with E-state index in [4.69, 9.17) is 11.6 Å². The van der Waals surface area contributed by atoms with Crippen molar-refractivity contribution in [1.82, 2.24) is 14.4 Å². The Morgan fingerprint density at radius 2 is 2.00 bits per heavy atom. The number of aryl methyl sites for hydroxylation is 1. The molecule has 1 aromatic rings. The number of carbonyl (C=O) groups excluding carboxylic acids is 1. The van der Waals surface area contributed by atoms with Gasteiger partial charge in [-0.1, -0.05) is 0 Å². The van der Waals surface area contributed by atoms with Crippen LogP contribution in [0.4, 0.5) is 0 Å². The zero-order valence-corrected chi connectivity index (χ0v) is 11.8. The topological polar surface area (TPSA) is 45.6 Å². The van der Waals surface area contributed by atoms with Gasteiger partial charge in [0, 0.05) is 63.5 Å². The van der Waals surface area contributed by atoms with Gasteiger partial charge in [0.05, 0.1) is 0 Å². The predicted octanol–water partition coefficient (Wildman–Crippen LogP) is 0.382. The van der Waals surface area contributed by atoms with Gasteiger partial charge in [-0.3, -0.25) is 14.5 Å². The third kappa shape index (κ3) is 3.36. The molecule has 0 aromatic carbocycles. The lowest BCUT2D eigenvalue weighted by molar-refractivity contribution is 0.0644. The number of aromatic nitrogens is 1. The number of pyridine rings is 1. The maximum atomic E-state index is 12.3. The second kappa shape index (κ2) is 6.21. The van der Waals surface area contributed by atoms with Gasteiger partial charge in [-0.25, -0.2) is 0 Å². The van der Waals surface area contributed by atoms with E-state index < -0.39 is 0 Å². The highest BCUT2D eigenvalue weighted by atomic mass is 35.5. The lowest BCUT2D eigenvalue weighted by atomic mass is 10.2. The fraction of sp³-hybridized carbons (Fsp3) is 0.538. The van der Waals surface area contributed by atoms with Crippen molar-refractivity contribution in [2.24, 2.45) is 7.05 Å². The number of halogens is 1. The highest BCUT2D eigenvalue weighted by Crippen LogP contribution is 2.07. The summed E-state index contributed by atoms with van der Waals surface area (Å²) in [5.74, 6) is 0.547. The summed E-state index contributed by atoms with van der Waals surface area (Å²) in [6, 6.07) is 3.09. The van der Waals surface area contributed by atoms with Gasteiger partial charge < -0.3 is 9.47 Å². The molecule has 104 valence electrons. The number of alkyl halides is 1. The van der Waals surface area contributed by atoms with Crippen LogP contribution in [0.3, 0.4) is 0 Å². The molecule has 0 spiro atoms. The number of carbonyl (C=O) groups is 1. The fourth-order valence-corrected chi connectivity index (χ4v) is 2.40. The minimum atomic E-state index is -0.161. The molecule has 0 bridgehead atoms. The Kier molecular flexibility index (Phi) is 4.61. The van der Waals surface area contributed by atoms with Crippen LogP contribution in [0.15, 0.2) is 23.1 Å². The van der Waals surface area contributed by atoms with Gasteiger partial charge in [0.2, 0.25) is 0 Å². The minimum absolute atomic E-state index is 0.0665. The van der Waals surface area contributed by atoms with Crippen LogP contribution in [0, 0.1) is 0 Å². The van der Waals surface area contributed by atoms with E-state index >= 15 is 0 Å². The molecule has 0 saturated carbocycles. The number of hydrogen-bond acceptors (Lipinski definition) is 3. The summed E-state index contributed by atoms with van der Waals surface area (Å²) in [5.41, 5.74) is 0.306. The molecule has 6 heteroatoms. The summed E-state index contributed by atoms with van der Waals surface area (Å²) in [7, 11) is 1.67. The van der Waals surface area contributed by atoms with Crippen molar-refractivity contribution in [3.05, 3.63) is 34.2 Å². The number of piperazine rings is 1. The lowest BCUT2D eigenvalue weighted by Crippen LogP contribution is -2.49. The van der Waals surface area contributed by atoms with E-state index in [0.717, 1.165) is 19.6 Å². The summed E-state index contributed by atoms with van der Waals surface area (Å²) in [6.45, 7) is 3.90. The van der Waals surface area contributed by atoms with Crippen molar-refractivity contribution in [2.45, 2.75) is 0 Å². The summed E-state index contributed by atoms with van der Waals surface area (Å²) >= 11 is 5.70. The van der Waals surface area contributed by atoms with Crippen LogP contribution < -0.4 is 5.56 Å². The minimum Gasteiger partial charge on any atom is -0.336 e. The summed E-state index contributed by atoms with van der Waals surface area (Å²) < 4.78 is 1.45. The third-order valence-corrected chi connectivity index (χ3v) is 3.58. The zero-order chi connectivity index (χ0) is 13.8. The summed E-state index contributed by atoms with van der Waals surface area (Å²) in [6.07, 6.45) is 1.62. The normalized spacial score (nSPS) is 16.6. The SMILES string of the molecule is Cn1ccc(C(=O)N2CCN(CCCl)CC2)cc1=O. The molecule has 1 aliphatic heterocycles. The monoisotopic (exact) mass is 283 g/mol. The number of nitrogens with zero attached hydrogens (tertiary/aromatic N) is 3. The van der Waals surface area contributed by atoms with Crippen LogP contribution in [0.2, 0.25) is 0 Å². The van der Waals surface area contributed by atoms with Crippen molar-refractivity contribution >= 4 is 17.5 Å². The molecule has 0 aliphatic carbocycles. The largest absolute Gasteiger partial charge is 0.336 e. The van der Waals surface area contributed by atoms with Crippen LogP contribution in [0.1, 0.15) is 10.4 Å². The van der Waals surface area contributed by atoms with Gasteiger partial charge in [-0.05, 0) is 6.07 Å². The highest BCUT2D eigenvalue weighted by Gasteiger charge is 2.21. The first kappa shape index (κ1) is 14.1. The molecule has 5 nitrogen and oxygen atoms in total. The Hall–Kier alpha value is -1.33. The molecule has 1 fully saturated rings. The maximum Gasteiger partial charge on any atom is 0.254 e. The Morgan fingerprint density at radius 1 is 1.32 bits per heavy atom. The van der Waals surface area contributed by atoms with Gasteiger partial charge in [-0.2, -0.15) is 0 Å². The number of amides is 1. The molecule has 0 unspecified atom stereocenters. The first-order chi connectivity index (χ1) is 9.11. The van der Waals surface area contributed by atoms with Crippen molar-refractivity contribution in [2.75, 3.05) is 38.6 Å². The van der Waals surface area contributed by atoms with Crippen molar-refractivity contribution in [1.29, 1.82) is 0 Å². The second-order valence-electron chi connectivity index (χ2n) is 4.69. The van der Waals surface area contributed by atoms with E-state index in [-0.39, 0.29) is 11.5 Å². The highest BCUT2D eigenvalue weighted by molar-refractivity contribution is 6.18. The summed E-state index contributed by atoms with van der Waals surface area (Å²) in [5, 5.41) is 0. The molecule has 19 heavy (non-hydrogen) atoms. The van der Waals surface area contributed by atoms with E-state index in [9.17, 15) is 9.59 Å². The van der Waals surface area contributed by atoms with Crippen LogP contribution in [0.5, 0.6) is 0 Å². The lowest BCUT2D eigenvalue weighted by Gasteiger charge is -2.34. The maximum absolute atomic E-state index is 12.3. The Balaban J connectivity index is 2.01. The first-order valence-electron chi connectivity index (χ1n) is 6.36. The summed E-state index contributed by atoms with van der Waals surface area (Å²) in [4.78, 5) is 27.8. The molecule has 2 heterocycles. The second-order valence-corrected chi connectivity index (χ2v) is 5.07. The van der Waals surface area contributed by atoms with Crippen LogP contribution in [0.25, 0.3) is 0 Å². The van der Waals surface area contributed by atoms with Gasteiger partial charge in [0.15, 0.2) is 0 Å². The Labute approximate surface area is 117 Å². The Bertz CT molecular complexity index is 507. The molecule has 1 aromatic heterocycles. The van der Waals surface area contributed by atoms with Crippen molar-refractivity contribution in [3.8, 4) is 0 Å². The van der Waals surface area contributed by atoms with Crippen molar-refractivity contribution < 1.29 is 4.79 Å². The van der Waals surface area contributed by atoms with E-state index in [1.807, 2.05) is 0 Å². The van der Waals surface area contributed by atoms with E-state index in [2.05, 4.69) is 4.90 Å². The zero-order valence-electron chi connectivity index (χ0n) is 11.0. The molecule has 0 radical (unpaired) electrons. The molecular weight excluding hydrogens is 266 g/mol. The van der Waals surface area contributed by atoms with E-state index in [1.54, 1.807) is 24.2 Å².